The normalized spacial score (nSPS) is 24.3. The summed E-state index contributed by atoms with van der Waals surface area (Å²) in [7, 11) is -0.465. The first kappa shape index (κ1) is 19.3. The molecule has 0 aliphatic carbocycles. The lowest BCUT2D eigenvalue weighted by Gasteiger charge is -2.37. The van der Waals surface area contributed by atoms with Gasteiger partial charge in [0.15, 0.2) is 0 Å². The second-order valence-corrected chi connectivity index (χ2v) is 10.4. The molecule has 0 radical (unpaired) electrons. The van der Waals surface area contributed by atoms with E-state index >= 15 is 0 Å². The number of amides is 1. The van der Waals surface area contributed by atoms with Gasteiger partial charge in [0.2, 0.25) is 15.1 Å². The maximum atomic E-state index is 11.6. The first-order chi connectivity index (χ1) is 9.53. The van der Waals surface area contributed by atoms with Gasteiger partial charge in [0.1, 0.15) is 24.9 Å². The van der Waals surface area contributed by atoms with E-state index in [0.29, 0.717) is 3.53 Å². The predicted molar refractivity (Wildman–Crippen MR) is 90.9 cm³/mol. The van der Waals surface area contributed by atoms with Gasteiger partial charge in [-0.25, -0.2) is 4.79 Å². The molecular formula is C10H12Cl3NO4S3. The molecule has 4 unspecified atom stereocenters. The van der Waals surface area contributed by atoms with Crippen molar-refractivity contribution in [3.63, 3.8) is 0 Å². The van der Waals surface area contributed by atoms with Gasteiger partial charge in [-0.3, -0.25) is 4.79 Å². The van der Waals surface area contributed by atoms with E-state index in [4.69, 9.17) is 64.4 Å². The zero-order valence-electron chi connectivity index (χ0n) is 10.9. The Bertz CT molecular complexity index is 446. The Hall–Kier alpha value is 0.270. The minimum absolute atomic E-state index is 0.229. The van der Waals surface area contributed by atoms with Crippen LogP contribution in [-0.4, -0.2) is 43.7 Å². The SMILES string of the molecule is CC(OC(=O)OCC(Cl)(Cl)Cl)C1C(=O)NC1[S+](C)C(=S)[S-]. The van der Waals surface area contributed by atoms with E-state index in [-0.39, 0.29) is 11.3 Å². The van der Waals surface area contributed by atoms with Gasteiger partial charge in [-0.15, -0.1) is 0 Å². The third-order valence-electron chi connectivity index (χ3n) is 2.70. The average molecular weight is 413 g/mol. The van der Waals surface area contributed by atoms with Crippen molar-refractivity contribution in [1.82, 2.24) is 5.32 Å². The highest BCUT2D eigenvalue weighted by molar-refractivity contribution is 8.34. The number of halogens is 3. The second kappa shape index (κ2) is 7.70. The number of hydrogen-bond acceptors (Lipinski definition) is 6. The van der Waals surface area contributed by atoms with E-state index in [1.54, 1.807) is 6.92 Å². The molecule has 0 spiro atoms. The first-order valence-electron chi connectivity index (χ1n) is 5.59. The molecule has 0 saturated carbocycles. The van der Waals surface area contributed by atoms with E-state index < -0.39 is 39.5 Å². The van der Waals surface area contributed by atoms with Gasteiger partial charge in [-0.1, -0.05) is 34.8 Å². The largest absolute Gasteiger partial charge is 0.508 e. The number of hydrogen-bond donors (Lipinski definition) is 1. The summed E-state index contributed by atoms with van der Waals surface area (Å²) in [6.07, 6.45) is 0.121. The summed E-state index contributed by atoms with van der Waals surface area (Å²) in [6, 6.07) is 0. The maximum absolute atomic E-state index is 11.6. The van der Waals surface area contributed by atoms with Gasteiger partial charge in [-0.05, 0) is 6.92 Å². The zero-order valence-corrected chi connectivity index (χ0v) is 15.6. The number of alkyl halides is 3. The smallest absolute Gasteiger partial charge is 0.430 e. The molecule has 1 fully saturated rings. The van der Waals surface area contributed by atoms with Crippen molar-refractivity contribution >= 4 is 86.1 Å². The molecule has 0 bridgehead atoms. The Balaban J connectivity index is 2.54. The molecule has 4 atom stereocenters. The van der Waals surface area contributed by atoms with Gasteiger partial charge in [0.25, 0.3) is 0 Å². The fourth-order valence-corrected chi connectivity index (χ4v) is 3.71. The number of carbonyl (C=O) groups excluding carboxylic acids is 2. The van der Waals surface area contributed by atoms with Crippen LogP contribution < -0.4 is 5.32 Å². The van der Waals surface area contributed by atoms with Gasteiger partial charge >= 0.3 is 6.16 Å². The second-order valence-electron chi connectivity index (χ2n) is 4.24. The van der Waals surface area contributed by atoms with Crippen molar-refractivity contribution in [3.05, 3.63) is 0 Å². The van der Waals surface area contributed by atoms with Crippen LogP contribution in [0.5, 0.6) is 0 Å². The highest BCUT2D eigenvalue weighted by Gasteiger charge is 2.53. The van der Waals surface area contributed by atoms with Crippen molar-refractivity contribution in [2.45, 2.75) is 22.2 Å². The van der Waals surface area contributed by atoms with Gasteiger partial charge in [-0.2, -0.15) is 0 Å². The third-order valence-corrected chi connectivity index (χ3v) is 6.30. The molecule has 1 heterocycles. The number of rotatable bonds is 4. The van der Waals surface area contributed by atoms with Crippen LogP contribution in [-0.2, 0) is 37.8 Å². The third kappa shape index (κ3) is 5.76. The van der Waals surface area contributed by atoms with Crippen LogP contribution in [0.15, 0.2) is 0 Å². The van der Waals surface area contributed by atoms with E-state index in [1.807, 2.05) is 6.26 Å². The van der Waals surface area contributed by atoms with Crippen molar-refractivity contribution in [3.8, 4) is 0 Å². The standard InChI is InChI=1S/C10H12Cl3NO4S3/c1-4(18-8(16)17-3-10(11,12)13)5-6(15)14-7(5)21(2)9(19)20/h4-5,7H,3H2,1-2H3,(H-,14,15,19,20). The van der Waals surface area contributed by atoms with Crippen LogP contribution in [0.2, 0.25) is 0 Å². The molecule has 5 nitrogen and oxygen atoms in total. The van der Waals surface area contributed by atoms with Crippen LogP contribution in [0.3, 0.4) is 0 Å². The van der Waals surface area contributed by atoms with Gasteiger partial charge in [0.05, 0.1) is 3.53 Å². The molecule has 1 saturated heterocycles. The molecule has 11 heteroatoms. The van der Waals surface area contributed by atoms with Crippen molar-refractivity contribution in [1.29, 1.82) is 0 Å². The fraction of sp³-hybridized carbons (Fsp3) is 0.700. The molecular weight excluding hydrogens is 401 g/mol. The van der Waals surface area contributed by atoms with E-state index in [2.05, 4.69) is 10.1 Å². The van der Waals surface area contributed by atoms with Crippen molar-refractivity contribution < 1.29 is 19.1 Å². The Morgan fingerprint density at radius 3 is 2.57 bits per heavy atom. The predicted octanol–water partition coefficient (Wildman–Crippen LogP) is 2.05. The van der Waals surface area contributed by atoms with Crippen LogP contribution in [0.1, 0.15) is 6.92 Å². The first-order valence-corrected chi connectivity index (χ1v) is 9.24. The molecule has 0 aromatic carbocycles. The van der Waals surface area contributed by atoms with E-state index in [9.17, 15) is 9.59 Å². The number of carbonyl (C=O) groups is 2. The fourth-order valence-electron chi connectivity index (χ4n) is 1.64. The van der Waals surface area contributed by atoms with E-state index in [0.717, 1.165) is 0 Å². The maximum Gasteiger partial charge on any atom is 0.508 e. The topological polar surface area (TPSA) is 64.6 Å². The quantitative estimate of drug-likeness (QED) is 0.190. The summed E-state index contributed by atoms with van der Waals surface area (Å²) in [6.45, 7) is 1.13. The molecule has 1 aliphatic heterocycles. The summed E-state index contributed by atoms with van der Waals surface area (Å²) < 4.78 is 8.32. The zero-order chi connectivity index (χ0) is 16.4. The molecule has 1 rings (SSSR count). The summed E-state index contributed by atoms with van der Waals surface area (Å²) in [4.78, 5) is 23.1. The summed E-state index contributed by atoms with van der Waals surface area (Å²) in [5.74, 6) is -0.758. The summed E-state index contributed by atoms with van der Waals surface area (Å²) >= 11 is 26.2. The molecule has 0 aromatic rings. The lowest BCUT2D eigenvalue weighted by atomic mass is 9.96. The Labute approximate surface area is 151 Å². The highest BCUT2D eigenvalue weighted by atomic mass is 35.6. The number of thiocarbonyl (C=S) groups is 1. The van der Waals surface area contributed by atoms with Crippen molar-refractivity contribution in [2.24, 2.45) is 5.92 Å². The van der Waals surface area contributed by atoms with Crippen molar-refractivity contribution in [2.75, 3.05) is 12.9 Å². The minimum atomic E-state index is -1.72. The molecule has 21 heavy (non-hydrogen) atoms. The molecule has 1 aliphatic rings. The summed E-state index contributed by atoms with van der Waals surface area (Å²) in [5, 5.41) is 2.47. The molecule has 120 valence electrons. The van der Waals surface area contributed by atoms with Gasteiger partial charge < -0.3 is 39.6 Å². The lowest BCUT2D eigenvalue weighted by molar-refractivity contribution is -0.137. The number of nitrogens with one attached hydrogen (secondary N) is 1. The Kier molecular flexibility index (Phi) is 7.08. The van der Waals surface area contributed by atoms with E-state index in [1.165, 1.54) is 0 Å². The summed E-state index contributed by atoms with van der Waals surface area (Å²) in [5.41, 5.74) is 0. The minimum Gasteiger partial charge on any atom is -0.430 e. The Morgan fingerprint density at radius 2 is 2.14 bits per heavy atom. The molecule has 0 aromatic heterocycles. The Morgan fingerprint density at radius 1 is 1.57 bits per heavy atom. The van der Waals surface area contributed by atoms with Crippen LogP contribution >= 0.6 is 47.0 Å². The number of ether oxygens (including phenoxy) is 2. The van der Waals surface area contributed by atoms with Crippen LogP contribution in [0, 0.1) is 5.92 Å². The molecule has 1 amide bonds. The van der Waals surface area contributed by atoms with Gasteiger partial charge in [0, 0.05) is 10.9 Å². The number of β-lactam (4-membered cyclic amide) rings is 1. The monoisotopic (exact) mass is 411 g/mol. The molecule has 1 N–H and O–H groups in total. The lowest BCUT2D eigenvalue weighted by Crippen LogP contribution is -2.66. The average Bonchev–Trinajstić information content (AvgIpc) is 2.31. The van der Waals surface area contributed by atoms with Crippen LogP contribution in [0.25, 0.3) is 0 Å². The highest BCUT2D eigenvalue weighted by Crippen LogP contribution is 2.28. The van der Waals surface area contributed by atoms with Crippen LogP contribution in [0.4, 0.5) is 4.79 Å².